The van der Waals surface area contributed by atoms with Crippen LogP contribution in [0.25, 0.3) is 0 Å². The minimum atomic E-state index is -0.719. The number of rotatable bonds is 6. The average Bonchev–Trinajstić information content (AvgIpc) is 2.90. The molecule has 1 fully saturated rings. The van der Waals surface area contributed by atoms with Gasteiger partial charge in [-0.15, -0.1) is 0 Å². The van der Waals surface area contributed by atoms with Crippen LogP contribution in [0.2, 0.25) is 0 Å². The van der Waals surface area contributed by atoms with Crippen LogP contribution < -0.4 is 10.6 Å². The fourth-order valence-corrected chi connectivity index (χ4v) is 2.75. The highest BCUT2D eigenvalue weighted by atomic mass is 16.3. The molecule has 21 heavy (non-hydrogen) atoms. The molecule has 2 amide bonds. The van der Waals surface area contributed by atoms with Gasteiger partial charge in [-0.05, 0) is 25.3 Å². The van der Waals surface area contributed by atoms with Gasteiger partial charge in [-0.1, -0.05) is 25.7 Å². The van der Waals surface area contributed by atoms with Gasteiger partial charge in [-0.3, -0.25) is 4.68 Å². The van der Waals surface area contributed by atoms with Gasteiger partial charge in [0.05, 0.1) is 5.60 Å². The van der Waals surface area contributed by atoms with Crippen LogP contribution in [0.15, 0.2) is 18.5 Å². The van der Waals surface area contributed by atoms with E-state index in [0.29, 0.717) is 13.1 Å². The molecule has 0 atom stereocenters. The monoisotopic (exact) mass is 294 g/mol. The molecule has 0 aliphatic heterocycles. The first-order valence-electron chi connectivity index (χ1n) is 7.89. The molecule has 6 heteroatoms. The molecule has 3 N–H and O–H groups in total. The van der Waals surface area contributed by atoms with Crippen molar-refractivity contribution in [2.75, 3.05) is 13.1 Å². The SMILES string of the molecule is O=C(NCCCn1cccn1)NCC1(O)CCCCCC1. The highest BCUT2D eigenvalue weighted by molar-refractivity contribution is 5.73. The second-order valence-electron chi connectivity index (χ2n) is 5.87. The van der Waals surface area contributed by atoms with E-state index in [4.69, 9.17) is 0 Å². The van der Waals surface area contributed by atoms with E-state index < -0.39 is 5.60 Å². The zero-order valence-corrected chi connectivity index (χ0v) is 12.6. The van der Waals surface area contributed by atoms with Gasteiger partial charge in [0, 0.05) is 32.0 Å². The minimum Gasteiger partial charge on any atom is -0.388 e. The summed E-state index contributed by atoms with van der Waals surface area (Å²) in [6, 6.07) is 1.68. The van der Waals surface area contributed by atoms with Crippen molar-refractivity contribution >= 4 is 6.03 Å². The van der Waals surface area contributed by atoms with E-state index >= 15 is 0 Å². The van der Waals surface area contributed by atoms with Crippen molar-refractivity contribution < 1.29 is 9.90 Å². The summed E-state index contributed by atoms with van der Waals surface area (Å²) in [6.45, 7) is 1.74. The molecule has 0 saturated heterocycles. The molecule has 1 aliphatic rings. The Labute approximate surface area is 125 Å². The number of hydrogen-bond acceptors (Lipinski definition) is 3. The topological polar surface area (TPSA) is 79.2 Å². The van der Waals surface area contributed by atoms with Gasteiger partial charge in [0.15, 0.2) is 0 Å². The lowest BCUT2D eigenvalue weighted by Gasteiger charge is -2.26. The molecule has 0 spiro atoms. The summed E-state index contributed by atoms with van der Waals surface area (Å²) in [6.07, 6.45) is 10.5. The Morgan fingerprint density at radius 3 is 2.67 bits per heavy atom. The smallest absolute Gasteiger partial charge is 0.314 e. The van der Waals surface area contributed by atoms with Crippen molar-refractivity contribution in [1.82, 2.24) is 20.4 Å². The van der Waals surface area contributed by atoms with Crippen LogP contribution in [0.1, 0.15) is 44.9 Å². The molecule has 6 nitrogen and oxygen atoms in total. The average molecular weight is 294 g/mol. The van der Waals surface area contributed by atoms with Crippen molar-refractivity contribution in [2.24, 2.45) is 0 Å². The molecular weight excluding hydrogens is 268 g/mol. The summed E-state index contributed by atoms with van der Waals surface area (Å²) in [5, 5.41) is 20.2. The molecule has 0 radical (unpaired) electrons. The molecular formula is C15H26N4O2. The third-order valence-corrected chi connectivity index (χ3v) is 4.02. The Kier molecular flexibility index (Phi) is 6.04. The fraction of sp³-hybridized carbons (Fsp3) is 0.733. The van der Waals surface area contributed by atoms with Gasteiger partial charge < -0.3 is 15.7 Å². The van der Waals surface area contributed by atoms with E-state index in [-0.39, 0.29) is 6.03 Å². The molecule has 1 saturated carbocycles. The third kappa shape index (κ3) is 5.75. The number of amides is 2. The minimum absolute atomic E-state index is 0.201. The largest absolute Gasteiger partial charge is 0.388 e. The molecule has 0 aromatic carbocycles. The Balaban J connectivity index is 1.58. The summed E-state index contributed by atoms with van der Waals surface area (Å²) in [7, 11) is 0. The molecule has 1 aromatic heterocycles. The van der Waals surface area contributed by atoms with Crippen LogP contribution in [0.3, 0.4) is 0 Å². The highest BCUT2D eigenvalue weighted by Gasteiger charge is 2.28. The first-order chi connectivity index (χ1) is 10.2. The summed E-state index contributed by atoms with van der Waals surface area (Å²) < 4.78 is 1.84. The number of aliphatic hydroxyl groups is 1. The normalized spacial score (nSPS) is 18.0. The van der Waals surface area contributed by atoms with Crippen LogP contribution in [0.5, 0.6) is 0 Å². The van der Waals surface area contributed by atoms with E-state index in [1.807, 2.05) is 16.9 Å². The van der Waals surface area contributed by atoms with Gasteiger partial charge in [-0.25, -0.2) is 4.79 Å². The van der Waals surface area contributed by atoms with Crippen molar-refractivity contribution in [3.05, 3.63) is 18.5 Å². The summed E-state index contributed by atoms with van der Waals surface area (Å²) in [5.41, 5.74) is -0.719. The number of carbonyl (C=O) groups is 1. The maximum absolute atomic E-state index is 11.7. The predicted molar refractivity (Wildman–Crippen MR) is 80.9 cm³/mol. The van der Waals surface area contributed by atoms with Crippen molar-refractivity contribution in [3.63, 3.8) is 0 Å². The maximum Gasteiger partial charge on any atom is 0.314 e. The summed E-state index contributed by atoms with van der Waals surface area (Å²) in [5.74, 6) is 0. The Morgan fingerprint density at radius 1 is 1.24 bits per heavy atom. The van der Waals surface area contributed by atoms with Crippen LogP contribution in [0, 0.1) is 0 Å². The molecule has 1 aliphatic carbocycles. The van der Waals surface area contributed by atoms with Crippen LogP contribution >= 0.6 is 0 Å². The lowest BCUT2D eigenvalue weighted by atomic mass is 9.95. The predicted octanol–water partition coefficient (Wildman–Crippen LogP) is 1.66. The second-order valence-corrected chi connectivity index (χ2v) is 5.87. The molecule has 2 rings (SSSR count). The van der Waals surface area contributed by atoms with E-state index in [1.54, 1.807) is 6.20 Å². The maximum atomic E-state index is 11.7. The second kappa shape index (κ2) is 8.02. The van der Waals surface area contributed by atoms with E-state index in [0.717, 1.165) is 38.6 Å². The first kappa shape index (κ1) is 15.8. The first-order valence-corrected chi connectivity index (χ1v) is 7.89. The van der Waals surface area contributed by atoms with E-state index in [2.05, 4.69) is 15.7 Å². The molecule has 118 valence electrons. The number of urea groups is 1. The van der Waals surface area contributed by atoms with Gasteiger partial charge >= 0.3 is 6.03 Å². The molecule has 0 bridgehead atoms. The van der Waals surface area contributed by atoms with Gasteiger partial charge in [0.1, 0.15) is 0 Å². The van der Waals surface area contributed by atoms with Crippen LogP contribution in [-0.2, 0) is 6.54 Å². The van der Waals surface area contributed by atoms with Crippen molar-refractivity contribution in [3.8, 4) is 0 Å². The van der Waals surface area contributed by atoms with E-state index in [9.17, 15) is 9.90 Å². The zero-order chi connectivity index (χ0) is 15.0. The summed E-state index contributed by atoms with van der Waals surface area (Å²) in [4.78, 5) is 11.7. The van der Waals surface area contributed by atoms with E-state index in [1.165, 1.54) is 12.8 Å². The number of nitrogens with one attached hydrogen (secondary N) is 2. The van der Waals surface area contributed by atoms with Gasteiger partial charge in [-0.2, -0.15) is 5.10 Å². The quantitative estimate of drug-likeness (QED) is 0.551. The number of nitrogens with zero attached hydrogens (tertiary/aromatic N) is 2. The Morgan fingerprint density at radius 2 is 2.00 bits per heavy atom. The lowest BCUT2D eigenvalue weighted by Crippen LogP contribution is -2.46. The summed E-state index contributed by atoms with van der Waals surface area (Å²) >= 11 is 0. The van der Waals surface area contributed by atoms with Crippen LogP contribution in [0.4, 0.5) is 4.79 Å². The van der Waals surface area contributed by atoms with Crippen LogP contribution in [-0.4, -0.2) is 39.6 Å². The fourth-order valence-electron chi connectivity index (χ4n) is 2.75. The standard InChI is InChI=1S/C15H26N4O2/c20-14(16-9-5-11-19-12-6-10-18-19)17-13-15(21)7-3-1-2-4-8-15/h6,10,12,21H,1-5,7-9,11,13H2,(H2,16,17,20). The zero-order valence-electron chi connectivity index (χ0n) is 12.6. The highest BCUT2D eigenvalue weighted by Crippen LogP contribution is 2.26. The van der Waals surface area contributed by atoms with Gasteiger partial charge in [0.2, 0.25) is 0 Å². The van der Waals surface area contributed by atoms with Gasteiger partial charge in [0.25, 0.3) is 0 Å². The van der Waals surface area contributed by atoms with Crippen molar-refractivity contribution in [2.45, 2.75) is 57.1 Å². The molecule has 1 heterocycles. The number of aryl methyl sites for hydroxylation is 1. The number of aromatic nitrogens is 2. The van der Waals surface area contributed by atoms with Crippen molar-refractivity contribution in [1.29, 1.82) is 0 Å². The third-order valence-electron chi connectivity index (χ3n) is 4.02. The Hall–Kier alpha value is -1.56. The molecule has 0 unspecified atom stereocenters. The number of carbonyl (C=O) groups excluding carboxylic acids is 1. The Bertz CT molecular complexity index is 411. The lowest BCUT2D eigenvalue weighted by molar-refractivity contribution is 0.0277. The molecule has 1 aromatic rings. The number of hydrogen-bond donors (Lipinski definition) is 3.